The Morgan fingerprint density at radius 1 is 1.28 bits per heavy atom. The van der Waals surface area contributed by atoms with Gasteiger partial charge in [-0.25, -0.2) is 0 Å². The van der Waals surface area contributed by atoms with Crippen molar-refractivity contribution < 1.29 is 9.47 Å². The fraction of sp³-hybridized carbons (Fsp3) is 0.632. The van der Waals surface area contributed by atoms with Crippen LogP contribution in [0.3, 0.4) is 0 Å². The number of hydrogen-bond acceptors (Lipinski definition) is 3. The minimum absolute atomic E-state index is 0. The van der Waals surface area contributed by atoms with E-state index in [-0.39, 0.29) is 29.6 Å². The monoisotopic (exact) mass is 459 g/mol. The van der Waals surface area contributed by atoms with Gasteiger partial charge in [-0.1, -0.05) is 18.2 Å². The molecule has 2 fully saturated rings. The maximum atomic E-state index is 6.08. The molecule has 1 atom stereocenters. The molecule has 1 aromatic carbocycles. The summed E-state index contributed by atoms with van der Waals surface area (Å²) in [4.78, 5) is 4.31. The molecular weight excluding hydrogens is 429 g/mol. The van der Waals surface area contributed by atoms with E-state index in [4.69, 9.17) is 9.47 Å². The van der Waals surface area contributed by atoms with Crippen molar-refractivity contribution in [2.75, 3.05) is 20.2 Å². The zero-order chi connectivity index (χ0) is 16.8. The number of ether oxygens (including phenoxy) is 2. The molecule has 2 aliphatic rings. The van der Waals surface area contributed by atoms with Gasteiger partial charge in [-0.05, 0) is 45.1 Å². The first kappa shape index (κ1) is 20.3. The number of nitrogens with one attached hydrogen (secondary N) is 2. The Morgan fingerprint density at radius 2 is 2.08 bits per heavy atom. The number of benzene rings is 1. The molecule has 1 aromatic rings. The lowest BCUT2D eigenvalue weighted by atomic mass is 9.96. The number of hydrogen-bond donors (Lipinski definition) is 2. The normalized spacial score (nSPS) is 23.5. The highest BCUT2D eigenvalue weighted by atomic mass is 127. The molecule has 1 heterocycles. The third-order valence-electron chi connectivity index (χ3n) is 4.92. The van der Waals surface area contributed by atoms with E-state index in [0.717, 1.165) is 43.3 Å². The highest BCUT2D eigenvalue weighted by Gasteiger charge is 2.29. The average Bonchev–Trinajstić information content (AvgIpc) is 2.99. The first-order chi connectivity index (χ1) is 11.7. The Kier molecular flexibility index (Phi) is 7.81. The van der Waals surface area contributed by atoms with Crippen LogP contribution in [0.2, 0.25) is 0 Å². The van der Waals surface area contributed by atoms with Gasteiger partial charge < -0.3 is 20.1 Å². The van der Waals surface area contributed by atoms with Crippen molar-refractivity contribution in [2.24, 2.45) is 4.99 Å². The Hall–Kier alpha value is -1.02. The van der Waals surface area contributed by atoms with Crippen LogP contribution in [0.15, 0.2) is 29.3 Å². The summed E-state index contributed by atoms with van der Waals surface area (Å²) < 4.78 is 11.9. The number of rotatable bonds is 6. The van der Waals surface area contributed by atoms with Crippen LogP contribution in [-0.4, -0.2) is 37.9 Å². The molecule has 25 heavy (non-hydrogen) atoms. The summed E-state index contributed by atoms with van der Waals surface area (Å²) in [6.45, 7) is 4.48. The molecule has 2 N–H and O–H groups in total. The SMILES string of the molecule is CN=C(NCc1ccccc1OC1CCC1)NCC1(C)CCCO1.I. The molecule has 5 nitrogen and oxygen atoms in total. The van der Waals surface area contributed by atoms with Gasteiger partial charge in [-0.3, -0.25) is 4.99 Å². The van der Waals surface area contributed by atoms with Crippen LogP contribution in [0.1, 0.15) is 44.6 Å². The fourth-order valence-electron chi connectivity index (χ4n) is 3.08. The molecule has 3 rings (SSSR count). The second-order valence-electron chi connectivity index (χ2n) is 6.96. The Bertz CT molecular complexity index is 570. The molecule has 0 spiro atoms. The third kappa shape index (κ3) is 5.74. The highest BCUT2D eigenvalue weighted by Crippen LogP contribution is 2.27. The molecule has 6 heteroatoms. The van der Waals surface area contributed by atoms with Crippen LogP contribution in [0.5, 0.6) is 5.75 Å². The zero-order valence-electron chi connectivity index (χ0n) is 15.2. The Balaban J connectivity index is 0.00000225. The van der Waals surface area contributed by atoms with Crippen molar-refractivity contribution in [3.05, 3.63) is 29.8 Å². The summed E-state index contributed by atoms with van der Waals surface area (Å²) in [5.74, 6) is 1.78. The number of nitrogens with zero attached hydrogens (tertiary/aromatic N) is 1. The second kappa shape index (κ2) is 9.62. The average molecular weight is 459 g/mol. The minimum atomic E-state index is -0.0805. The van der Waals surface area contributed by atoms with E-state index in [0.29, 0.717) is 12.6 Å². The predicted molar refractivity (Wildman–Crippen MR) is 112 cm³/mol. The summed E-state index contributed by atoms with van der Waals surface area (Å²) in [5, 5.41) is 6.76. The summed E-state index contributed by atoms with van der Waals surface area (Å²) in [6, 6.07) is 8.24. The Labute approximate surface area is 168 Å². The minimum Gasteiger partial charge on any atom is -0.490 e. The van der Waals surface area contributed by atoms with Gasteiger partial charge in [0.25, 0.3) is 0 Å². The summed E-state index contributed by atoms with van der Waals surface area (Å²) >= 11 is 0. The van der Waals surface area contributed by atoms with E-state index in [9.17, 15) is 0 Å². The number of guanidine groups is 1. The van der Waals surface area contributed by atoms with Crippen LogP contribution in [0, 0.1) is 0 Å². The molecule has 0 aromatic heterocycles. The lowest BCUT2D eigenvalue weighted by Crippen LogP contribution is -2.45. The van der Waals surface area contributed by atoms with Crippen LogP contribution < -0.4 is 15.4 Å². The van der Waals surface area contributed by atoms with E-state index >= 15 is 0 Å². The fourth-order valence-corrected chi connectivity index (χ4v) is 3.08. The van der Waals surface area contributed by atoms with Gasteiger partial charge in [-0.2, -0.15) is 0 Å². The van der Waals surface area contributed by atoms with E-state index in [1.54, 1.807) is 7.05 Å². The molecule has 0 radical (unpaired) electrons. The number of para-hydroxylation sites is 1. The molecular formula is C19H30IN3O2. The van der Waals surface area contributed by atoms with E-state index in [1.165, 1.54) is 19.3 Å². The van der Waals surface area contributed by atoms with Crippen molar-refractivity contribution in [1.82, 2.24) is 10.6 Å². The first-order valence-corrected chi connectivity index (χ1v) is 9.02. The molecule has 1 aliphatic carbocycles. The van der Waals surface area contributed by atoms with Crippen LogP contribution in [-0.2, 0) is 11.3 Å². The number of aliphatic imine (C=N–C) groups is 1. The van der Waals surface area contributed by atoms with Gasteiger partial charge >= 0.3 is 0 Å². The van der Waals surface area contributed by atoms with E-state index in [2.05, 4.69) is 34.7 Å². The second-order valence-corrected chi connectivity index (χ2v) is 6.96. The first-order valence-electron chi connectivity index (χ1n) is 9.02. The van der Waals surface area contributed by atoms with Gasteiger partial charge in [0.1, 0.15) is 5.75 Å². The lowest BCUT2D eigenvalue weighted by molar-refractivity contribution is 0.0243. The molecule has 0 amide bonds. The summed E-state index contributed by atoms with van der Waals surface area (Å²) in [5.41, 5.74) is 1.08. The molecule has 1 saturated carbocycles. The van der Waals surface area contributed by atoms with Gasteiger partial charge in [0.15, 0.2) is 5.96 Å². The van der Waals surface area contributed by atoms with Gasteiger partial charge in [0, 0.05) is 32.3 Å². The van der Waals surface area contributed by atoms with Crippen molar-refractivity contribution in [2.45, 2.75) is 57.3 Å². The molecule has 140 valence electrons. The van der Waals surface area contributed by atoms with Crippen molar-refractivity contribution in [1.29, 1.82) is 0 Å². The van der Waals surface area contributed by atoms with Gasteiger partial charge in [0.05, 0.1) is 11.7 Å². The summed E-state index contributed by atoms with van der Waals surface area (Å²) in [6.07, 6.45) is 6.24. The smallest absolute Gasteiger partial charge is 0.191 e. The van der Waals surface area contributed by atoms with Gasteiger partial charge in [-0.15, -0.1) is 24.0 Å². The van der Waals surface area contributed by atoms with Crippen molar-refractivity contribution >= 4 is 29.9 Å². The lowest BCUT2D eigenvalue weighted by Gasteiger charge is -2.28. The maximum Gasteiger partial charge on any atom is 0.191 e. The predicted octanol–water partition coefficient (Wildman–Crippen LogP) is 3.47. The van der Waals surface area contributed by atoms with Crippen LogP contribution in [0.25, 0.3) is 0 Å². The van der Waals surface area contributed by atoms with E-state index in [1.807, 2.05) is 12.1 Å². The van der Waals surface area contributed by atoms with Crippen molar-refractivity contribution in [3.8, 4) is 5.75 Å². The quantitative estimate of drug-likeness (QED) is 0.389. The highest BCUT2D eigenvalue weighted by molar-refractivity contribution is 14.0. The zero-order valence-corrected chi connectivity index (χ0v) is 17.5. The molecule has 1 aliphatic heterocycles. The third-order valence-corrected chi connectivity index (χ3v) is 4.92. The number of halogens is 1. The van der Waals surface area contributed by atoms with Crippen molar-refractivity contribution in [3.63, 3.8) is 0 Å². The maximum absolute atomic E-state index is 6.08. The topological polar surface area (TPSA) is 54.9 Å². The van der Waals surface area contributed by atoms with E-state index < -0.39 is 0 Å². The molecule has 1 unspecified atom stereocenters. The molecule has 0 bridgehead atoms. The van der Waals surface area contributed by atoms with Gasteiger partial charge in [0.2, 0.25) is 0 Å². The Morgan fingerprint density at radius 3 is 2.72 bits per heavy atom. The van der Waals surface area contributed by atoms with Crippen LogP contribution >= 0.6 is 24.0 Å². The molecule has 1 saturated heterocycles. The summed E-state index contributed by atoms with van der Waals surface area (Å²) in [7, 11) is 1.80. The van der Waals surface area contributed by atoms with Crippen LogP contribution in [0.4, 0.5) is 0 Å². The largest absolute Gasteiger partial charge is 0.490 e. The standard InChI is InChI=1S/C19H29N3O2.HI/c1-19(11-6-12-23-19)14-22-18(20-2)21-13-15-7-3-4-10-17(15)24-16-8-5-9-16;/h3-4,7,10,16H,5-6,8-9,11-14H2,1-2H3,(H2,20,21,22);1H.